The first kappa shape index (κ1) is 23.2. The lowest BCUT2D eigenvalue weighted by Crippen LogP contribution is -2.34. The van der Waals surface area contributed by atoms with Crippen molar-refractivity contribution in [2.75, 3.05) is 19.9 Å². The Morgan fingerprint density at radius 1 is 1.09 bits per heavy atom. The van der Waals surface area contributed by atoms with E-state index < -0.39 is 0 Å². The molecule has 1 heterocycles. The van der Waals surface area contributed by atoms with Crippen molar-refractivity contribution in [3.05, 3.63) is 94.3 Å². The lowest BCUT2D eigenvalue weighted by molar-refractivity contribution is -0.129. The molecule has 0 fully saturated rings. The number of amides is 1. The van der Waals surface area contributed by atoms with Crippen LogP contribution in [-0.4, -0.2) is 40.3 Å². The summed E-state index contributed by atoms with van der Waals surface area (Å²) in [6.45, 7) is 0. The molecule has 1 atom stereocenters. The van der Waals surface area contributed by atoms with Crippen LogP contribution in [0.5, 0.6) is 5.75 Å². The maximum atomic E-state index is 13.5. The van der Waals surface area contributed by atoms with Crippen LogP contribution in [0.1, 0.15) is 30.0 Å². The first-order valence-corrected chi connectivity index (χ1v) is 12.7. The Labute approximate surface area is 208 Å². The second kappa shape index (κ2) is 9.96. The molecule has 3 aromatic carbocycles. The Bertz CT molecular complexity index is 1450. The summed E-state index contributed by atoms with van der Waals surface area (Å²) in [7, 11) is 3.45. The summed E-state index contributed by atoms with van der Waals surface area (Å²) in [5, 5.41) is 0.981. The predicted octanol–water partition coefficient (Wildman–Crippen LogP) is 5.02. The van der Waals surface area contributed by atoms with Crippen molar-refractivity contribution in [2.45, 2.75) is 30.5 Å². The highest BCUT2D eigenvalue weighted by Gasteiger charge is 2.27. The fourth-order valence-electron chi connectivity index (χ4n) is 4.77. The fraction of sp³-hybridized carbons (Fsp3) is 0.250. The van der Waals surface area contributed by atoms with E-state index in [9.17, 15) is 9.59 Å². The number of aromatic nitrogens is 2. The van der Waals surface area contributed by atoms with Crippen LogP contribution in [0.15, 0.2) is 82.7 Å². The summed E-state index contributed by atoms with van der Waals surface area (Å²) in [6.07, 6.45) is 3.06. The van der Waals surface area contributed by atoms with Gasteiger partial charge in [-0.05, 0) is 54.7 Å². The molecule has 0 saturated carbocycles. The third-order valence-electron chi connectivity index (χ3n) is 6.59. The Balaban J connectivity index is 1.48. The number of ether oxygens (including phenoxy) is 1. The number of benzene rings is 3. The minimum atomic E-state index is -0.190. The monoisotopic (exact) mass is 485 g/mol. The molecule has 4 aromatic rings. The molecule has 1 aliphatic rings. The number of carbonyl (C=O) groups excluding carboxylic acids is 1. The van der Waals surface area contributed by atoms with Gasteiger partial charge in [0, 0.05) is 7.05 Å². The Morgan fingerprint density at radius 2 is 1.83 bits per heavy atom. The summed E-state index contributed by atoms with van der Waals surface area (Å²) in [5.41, 5.74) is 3.56. The van der Waals surface area contributed by atoms with Crippen molar-refractivity contribution in [1.82, 2.24) is 14.5 Å². The first-order valence-electron chi connectivity index (χ1n) is 11.7. The third-order valence-corrected chi connectivity index (χ3v) is 7.52. The number of thioether (sulfide) groups is 1. The molecule has 1 aliphatic carbocycles. The topological polar surface area (TPSA) is 64.4 Å². The van der Waals surface area contributed by atoms with E-state index in [-0.39, 0.29) is 23.3 Å². The average molecular weight is 486 g/mol. The predicted molar refractivity (Wildman–Crippen MR) is 140 cm³/mol. The SMILES string of the molecule is COc1ccccc1-n1c(SCC(=O)N(C)C2CCCc3ccccc32)nc2ccccc2c1=O. The molecule has 0 saturated heterocycles. The van der Waals surface area contributed by atoms with Crippen LogP contribution < -0.4 is 10.3 Å². The smallest absolute Gasteiger partial charge is 0.266 e. The van der Waals surface area contributed by atoms with Crippen molar-refractivity contribution >= 4 is 28.6 Å². The molecule has 0 radical (unpaired) electrons. The number of methoxy groups -OCH3 is 1. The van der Waals surface area contributed by atoms with Gasteiger partial charge in [0.2, 0.25) is 5.91 Å². The highest BCUT2D eigenvalue weighted by atomic mass is 32.2. The maximum Gasteiger partial charge on any atom is 0.266 e. The van der Waals surface area contributed by atoms with Gasteiger partial charge in [0.05, 0.1) is 35.5 Å². The number of nitrogens with zero attached hydrogens (tertiary/aromatic N) is 3. The van der Waals surface area contributed by atoms with Crippen LogP contribution >= 0.6 is 11.8 Å². The first-order chi connectivity index (χ1) is 17.1. The zero-order chi connectivity index (χ0) is 24.4. The van der Waals surface area contributed by atoms with Crippen molar-refractivity contribution in [3.63, 3.8) is 0 Å². The van der Waals surface area contributed by atoms with Crippen LogP contribution in [0.4, 0.5) is 0 Å². The van der Waals surface area contributed by atoms with Gasteiger partial charge in [0.15, 0.2) is 5.16 Å². The molecule has 1 amide bonds. The molecule has 178 valence electrons. The highest BCUT2D eigenvalue weighted by molar-refractivity contribution is 7.99. The molecule has 7 heteroatoms. The van der Waals surface area contributed by atoms with Gasteiger partial charge in [-0.25, -0.2) is 4.98 Å². The molecular formula is C28H27N3O3S. The number of hydrogen-bond acceptors (Lipinski definition) is 5. The summed E-state index contributed by atoms with van der Waals surface area (Å²) in [6, 6.07) is 23.1. The average Bonchev–Trinajstić information content (AvgIpc) is 2.91. The molecule has 0 aliphatic heterocycles. The van der Waals surface area contributed by atoms with Gasteiger partial charge >= 0.3 is 0 Å². The van der Waals surface area contributed by atoms with Crippen LogP contribution in [-0.2, 0) is 11.2 Å². The summed E-state index contributed by atoms with van der Waals surface area (Å²) in [4.78, 5) is 33.5. The van der Waals surface area contributed by atoms with Gasteiger partial charge in [-0.2, -0.15) is 0 Å². The molecular weight excluding hydrogens is 458 g/mol. The second-order valence-corrected chi connectivity index (χ2v) is 9.57. The van der Waals surface area contributed by atoms with Crippen LogP contribution in [0.3, 0.4) is 0 Å². The fourth-order valence-corrected chi connectivity index (χ4v) is 5.70. The standard InChI is InChI=1S/C28H27N3O3S/c1-30(23-16-9-11-19-10-3-4-12-20(19)23)26(32)18-35-28-29-22-14-6-5-13-21(22)27(33)31(28)24-15-7-8-17-25(24)34-2/h3-8,10,12-15,17,23H,9,11,16,18H2,1-2H3. The van der Waals surface area contributed by atoms with E-state index >= 15 is 0 Å². The van der Waals surface area contributed by atoms with Crippen LogP contribution in [0.25, 0.3) is 16.6 Å². The zero-order valence-electron chi connectivity index (χ0n) is 19.8. The van der Waals surface area contributed by atoms with Gasteiger partial charge in [0.1, 0.15) is 5.75 Å². The largest absolute Gasteiger partial charge is 0.495 e. The Hall–Kier alpha value is -3.58. The van der Waals surface area contributed by atoms with Crippen molar-refractivity contribution in [2.24, 2.45) is 0 Å². The highest BCUT2D eigenvalue weighted by Crippen LogP contribution is 2.34. The lowest BCUT2D eigenvalue weighted by Gasteiger charge is -2.33. The van der Waals surface area contributed by atoms with Crippen molar-refractivity contribution in [1.29, 1.82) is 0 Å². The van der Waals surface area contributed by atoms with E-state index in [4.69, 9.17) is 9.72 Å². The van der Waals surface area contributed by atoms with Crippen LogP contribution in [0.2, 0.25) is 0 Å². The van der Waals surface area contributed by atoms with Crippen molar-refractivity contribution in [3.8, 4) is 11.4 Å². The molecule has 1 aromatic heterocycles. The number of rotatable bonds is 6. The lowest BCUT2D eigenvalue weighted by atomic mass is 9.87. The molecule has 35 heavy (non-hydrogen) atoms. The second-order valence-electron chi connectivity index (χ2n) is 8.62. The number of hydrogen-bond donors (Lipinski definition) is 0. The van der Waals surface area contributed by atoms with E-state index in [0.717, 1.165) is 19.3 Å². The van der Waals surface area contributed by atoms with Gasteiger partial charge in [0.25, 0.3) is 5.56 Å². The van der Waals surface area contributed by atoms with Crippen LogP contribution in [0, 0.1) is 0 Å². The number of carbonyl (C=O) groups is 1. The zero-order valence-corrected chi connectivity index (χ0v) is 20.6. The summed E-state index contributed by atoms with van der Waals surface area (Å²) >= 11 is 1.28. The molecule has 0 spiro atoms. The number of aryl methyl sites for hydroxylation is 1. The van der Waals surface area contributed by atoms with E-state index in [1.807, 2.05) is 60.5 Å². The molecule has 5 rings (SSSR count). The number of para-hydroxylation sites is 3. The molecule has 0 bridgehead atoms. The van der Waals surface area contributed by atoms with E-state index in [0.29, 0.717) is 27.5 Å². The van der Waals surface area contributed by atoms with Gasteiger partial charge in [-0.15, -0.1) is 0 Å². The Morgan fingerprint density at radius 3 is 2.69 bits per heavy atom. The van der Waals surface area contributed by atoms with Gasteiger partial charge in [-0.3, -0.25) is 14.2 Å². The minimum absolute atomic E-state index is 0.00527. The van der Waals surface area contributed by atoms with Gasteiger partial charge < -0.3 is 9.64 Å². The van der Waals surface area contributed by atoms with Gasteiger partial charge in [-0.1, -0.05) is 60.3 Å². The third kappa shape index (κ3) is 4.44. The van der Waals surface area contributed by atoms with E-state index in [1.165, 1.54) is 22.9 Å². The summed E-state index contributed by atoms with van der Waals surface area (Å²) < 4.78 is 7.08. The minimum Gasteiger partial charge on any atom is -0.495 e. The number of fused-ring (bicyclic) bond motifs is 2. The van der Waals surface area contributed by atoms with E-state index in [2.05, 4.69) is 18.2 Å². The Kier molecular flexibility index (Phi) is 6.59. The summed E-state index contributed by atoms with van der Waals surface area (Å²) in [5.74, 6) is 0.747. The maximum absolute atomic E-state index is 13.5. The molecule has 6 nitrogen and oxygen atoms in total. The molecule has 0 N–H and O–H groups in total. The molecule has 1 unspecified atom stereocenters. The van der Waals surface area contributed by atoms with E-state index in [1.54, 1.807) is 17.7 Å². The quantitative estimate of drug-likeness (QED) is 0.283. The normalized spacial score (nSPS) is 15.0. The van der Waals surface area contributed by atoms with Crippen molar-refractivity contribution < 1.29 is 9.53 Å².